The summed E-state index contributed by atoms with van der Waals surface area (Å²) in [6, 6.07) is 24.2. The lowest BCUT2D eigenvalue weighted by molar-refractivity contribution is 0.579. The van der Waals surface area contributed by atoms with E-state index in [0.717, 1.165) is 22.3 Å². The molecule has 0 spiro atoms. The van der Waals surface area contributed by atoms with E-state index in [4.69, 9.17) is 9.40 Å². The van der Waals surface area contributed by atoms with E-state index in [0.29, 0.717) is 24.2 Å². The average Bonchev–Trinajstić information content (AvgIpc) is 3.28. The van der Waals surface area contributed by atoms with Crippen molar-refractivity contribution in [2.75, 3.05) is 5.32 Å². The maximum Gasteiger partial charge on any atom is 0.286 e. The van der Waals surface area contributed by atoms with Crippen molar-refractivity contribution >= 4 is 16.7 Å². The standard InChI is InChI=1S/C25H21N5O/c1-16-10-12-19(13-11-16)24-29-30-25(31-24)23-27-21-9-4-3-8-20(21)22(28-23)26-15-18-7-5-6-17(2)14-18/h3-14H,15H2,1-2H3,(H,26,27,28). The first-order valence-electron chi connectivity index (χ1n) is 10.1. The van der Waals surface area contributed by atoms with Crippen molar-refractivity contribution in [2.45, 2.75) is 20.4 Å². The number of hydrogen-bond donors (Lipinski definition) is 1. The SMILES string of the molecule is Cc1ccc(-c2nnc(-c3nc(NCc4cccc(C)c4)c4ccccc4n3)o2)cc1. The highest BCUT2D eigenvalue weighted by molar-refractivity contribution is 5.90. The quantitative estimate of drug-likeness (QED) is 0.410. The van der Waals surface area contributed by atoms with Crippen molar-refractivity contribution in [2.24, 2.45) is 0 Å². The second-order valence-electron chi connectivity index (χ2n) is 7.53. The fourth-order valence-corrected chi connectivity index (χ4v) is 3.44. The maximum absolute atomic E-state index is 5.90. The van der Waals surface area contributed by atoms with E-state index in [1.165, 1.54) is 16.7 Å². The molecule has 0 aliphatic heterocycles. The predicted molar refractivity (Wildman–Crippen MR) is 122 cm³/mol. The van der Waals surface area contributed by atoms with Gasteiger partial charge in [0.15, 0.2) is 0 Å². The van der Waals surface area contributed by atoms with Crippen molar-refractivity contribution < 1.29 is 4.42 Å². The van der Waals surface area contributed by atoms with Gasteiger partial charge < -0.3 is 9.73 Å². The number of aryl methyl sites for hydroxylation is 2. The van der Waals surface area contributed by atoms with E-state index in [1.54, 1.807) is 0 Å². The summed E-state index contributed by atoms with van der Waals surface area (Å²) in [6.07, 6.45) is 0. The van der Waals surface area contributed by atoms with Crippen molar-refractivity contribution in [3.05, 3.63) is 89.5 Å². The minimum absolute atomic E-state index is 0.292. The van der Waals surface area contributed by atoms with Crippen LogP contribution in [0.2, 0.25) is 0 Å². The molecule has 0 atom stereocenters. The molecule has 0 saturated heterocycles. The Hall–Kier alpha value is -4.06. The molecule has 5 aromatic rings. The second kappa shape index (κ2) is 7.99. The van der Waals surface area contributed by atoms with Crippen LogP contribution in [0.5, 0.6) is 0 Å². The van der Waals surface area contributed by atoms with Gasteiger partial charge in [0.1, 0.15) is 5.82 Å². The van der Waals surface area contributed by atoms with E-state index in [1.807, 2.05) is 55.5 Å². The average molecular weight is 407 g/mol. The van der Waals surface area contributed by atoms with Gasteiger partial charge in [-0.05, 0) is 43.7 Å². The minimum Gasteiger partial charge on any atom is -0.413 e. The molecule has 2 heterocycles. The smallest absolute Gasteiger partial charge is 0.286 e. The summed E-state index contributed by atoms with van der Waals surface area (Å²) in [5.74, 6) is 1.87. The van der Waals surface area contributed by atoms with Gasteiger partial charge in [0.25, 0.3) is 5.89 Å². The fraction of sp³-hybridized carbons (Fsp3) is 0.120. The summed E-state index contributed by atoms with van der Waals surface area (Å²) >= 11 is 0. The Kier molecular flexibility index (Phi) is 4.88. The van der Waals surface area contributed by atoms with Crippen molar-refractivity contribution in [1.29, 1.82) is 0 Å². The molecule has 0 bridgehead atoms. The third-order valence-corrected chi connectivity index (χ3v) is 5.06. The molecular weight excluding hydrogens is 386 g/mol. The summed E-state index contributed by atoms with van der Waals surface area (Å²) in [7, 11) is 0. The number of para-hydroxylation sites is 1. The summed E-state index contributed by atoms with van der Waals surface area (Å²) in [5.41, 5.74) is 5.26. The zero-order valence-electron chi connectivity index (χ0n) is 17.3. The number of aromatic nitrogens is 4. The van der Waals surface area contributed by atoms with Crippen LogP contribution in [0.1, 0.15) is 16.7 Å². The van der Waals surface area contributed by atoms with Crippen LogP contribution < -0.4 is 5.32 Å². The predicted octanol–water partition coefficient (Wildman–Crippen LogP) is 5.58. The molecule has 1 N–H and O–H groups in total. The van der Waals surface area contributed by atoms with Gasteiger partial charge >= 0.3 is 0 Å². The van der Waals surface area contributed by atoms with Crippen LogP contribution in [-0.4, -0.2) is 20.2 Å². The molecule has 2 aromatic heterocycles. The second-order valence-corrected chi connectivity index (χ2v) is 7.53. The summed E-state index contributed by atoms with van der Waals surface area (Å²) < 4.78 is 5.90. The largest absolute Gasteiger partial charge is 0.413 e. The Labute approximate surface area is 180 Å². The maximum atomic E-state index is 5.90. The number of fused-ring (bicyclic) bond motifs is 1. The molecule has 0 radical (unpaired) electrons. The topological polar surface area (TPSA) is 76.7 Å². The molecule has 0 aliphatic carbocycles. The van der Waals surface area contributed by atoms with Crippen LogP contribution in [0.4, 0.5) is 5.82 Å². The number of hydrogen-bond acceptors (Lipinski definition) is 6. The number of rotatable bonds is 5. The molecule has 152 valence electrons. The highest BCUT2D eigenvalue weighted by Gasteiger charge is 2.16. The van der Waals surface area contributed by atoms with E-state index >= 15 is 0 Å². The van der Waals surface area contributed by atoms with Gasteiger partial charge in [-0.25, -0.2) is 9.97 Å². The van der Waals surface area contributed by atoms with Crippen LogP contribution in [0, 0.1) is 13.8 Å². The number of nitrogens with zero attached hydrogens (tertiary/aromatic N) is 4. The first kappa shape index (κ1) is 18.9. The van der Waals surface area contributed by atoms with Gasteiger partial charge in [0.05, 0.1) is 5.52 Å². The highest BCUT2D eigenvalue weighted by atomic mass is 16.4. The van der Waals surface area contributed by atoms with Gasteiger partial charge in [-0.15, -0.1) is 10.2 Å². The molecule has 0 amide bonds. The normalized spacial score (nSPS) is 11.0. The van der Waals surface area contributed by atoms with Crippen molar-refractivity contribution in [3.8, 4) is 23.2 Å². The van der Waals surface area contributed by atoms with Gasteiger partial charge in [-0.3, -0.25) is 0 Å². The summed E-state index contributed by atoms with van der Waals surface area (Å²) in [5, 5.41) is 12.8. The molecule has 0 aliphatic rings. The molecule has 0 unspecified atom stereocenters. The van der Waals surface area contributed by atoms with Gasteiger partial charge in [-0.2, -0.15) is 0 Å². The third kappa shape index (κ3) is 4.00. The van der Waals surface area contributed by atoms with Crippen LogP contribution in [0.3, 0.4) is 0 Å². The van der Waals surface area contributed by atoms with E-state index < -0.39 is 0 Å². The van der Waals surface area contributed by atoms with E-state index in [2.05, 4.69) is 51.7 Å². The van der Waals surface area contributed by atoms with Gasteiger partial charge in [0, 0.05) is 17.5 Å². The van der Waals surface area contributed by atoms with Crippen LogP contribution in [0.15, 0.2) is 77.2 Å². The molecular formula is C25H21N5O. The molecule has 0 saturated carbocycles. The first-order valence-corrected chi connectivity index (χ1v) is 10.1. The Morgan fingerprint density at radius 3 is 2.42 bits per heavy atom. The number of nitrogens with one attached hydrogen (secondary N) is 1. The van der Waals surface area contributed by atoms with Gasteiger partial charge in [0.2, 0.25) is 11.7 Å². The first-order chi connectivity index (χ1) is 15.2. The zero-order chi connectivity index (χ0) is 21.2. The van der Waals surface area contributed by atoms with Crippen LogP contribution in [-0.2, 0) is 6.54 Å². The zero-order valence-corrected chi connectivity index (χ0v) is 17.3. The fourth-order valence-electron chi connectivity index (χ4n) is 3.44. The Balaban J connectivity index is 1.50. The molecule has 0 fully saturated rings. The van der Waals surface area contributed by atoms with Crippen molar-refractivity contribution in [1.82, 2.24) is 20.2 Å². The highest BCUT2D eigenvalue weighted by Crippen LogP contribution is 2.27. The molecule has 5 rings (SSSR count). The lowest BCUT2D eigenvalue weighted by atomic mass is 10.1. The van der Waals surface area contributed by atoms with Crippen LogP contribution >= 0.6 is 0 Å². The monoisotopic (exact) mass is 407 g/mol. The number of anilines is 1. The molecule has 3 aromatic carbocycles. The summed E-state index contributed by atoms with van der Waals surface area (Å²) in [4.78, 5) is 9.36. The van der Waals surface area contributed by atoms with E-state index in [-0.39, 0.29) is 0 Å². The lowest BCUT2D eigenvalue weighted by Crippen LogP contribution is -2.04. The van der Waals surface area contributed by atoms with Gasteiger partial charge in [-0.1, -0.05) is 59.7 Å². The van der Waals surface area contributed by atoms with E-state index in [9.17, 15) is 0 Å². The Bertz CT molecular complexity index is 1360. The van der Waals surface area contributed by atoms with Crippen molar-refractivity contribution in [3.63, 3.8) is 0 Å². The minimum atomic E-state index is 0.292. The molecule has 31 heavy (non-hydrogen) atoms. The Morgan fingerprint density at radius 1 is 0.774 bits per heavy atom. The Morgan fingerprint density at radius 2 is 1.58 bits per heavy atom. The number of benzene rings is 3. The third-order valence-electron chi connectivity index (χ3n) is 5.06. The summed E-state index contributed by atoms with van der Waals surface area (Å²) in [6.45, 7) is 4.78. The molecule has 6 nitrogen and oxygen atoms in total. The van der Waals surface area contributed by atoms with Crippen LogP contribution in [0.25, 0.3) is 34.1 Å². The molecule has 6 heteroatoms. The lowest BCUT2D eigenvalue weighted by Gasteiger charge is -2.10.